The second-order valence-electron chi connectivity index (χ2n) is 5.92. The maximum absolute atomic E-state index is 12.5. The average molecular weight is 309 g/mol. The number of carbonyl (C=O) groups is 1. The number of nitrogens with zero attached hydrogens (tertiary/aromatic N) is 3. The fourth-order valence-corrected chi connectivity index (χ4v) is 3.26. The molecule has 2 aliphatic heterocycles. The van der Waals surface area contributed by atoms with Gasteiger partial charge in [0.25, 0.3) is 5.91 Å². The largest absolute Gasteiger partial charge is 0.438 e. The third kappa shape index (κ3) is 3.16. The molecule has 0 radical (unpaired) electrons. The van der Waals surface area contributed by atoms with Gasteiger partial charge < -0.3 is 19.2 Å². The van der Waals surface area contributed by atoms with Crippen LogP contribution in [0.4, 0.5) is 0 Å². The van der Waals surface area contributed by atoms with Crippen LogP contribution in [0.2, 0.25) is 0 Å². The normalized spacial score (nSPS) is 27.6. The van der Waals surface area contributed by atoms with E-state index in [1.807, 2.05) is 0 Å². The second kappa shape index (κ2) is 6.76. The zero-order chi connectivity index (χ0) is 15.5. The number of rotatable bonds is 2. The Morgan fingerprint density at radius 1 is 1.27 bits per heavy atom. The summed E-state index contributed by atoms with van der Waals surface area (Å²) in [6.45, 7) is 6.04. The summed E-state index contributed by atoms with van der Waals surface area (Å²) < 4.78 is 10.6. The Balaban J connectivity index is 1.65. The molecule has 1 amide bonds. The first-order chi connectivity index (χ1) is 10.7. The summed E-state index contributed by atoms with van der Waals surface area (Å²) in [6, 6.07) is 0.0949. The minimum absolute atomic E-state index is 0.0949. The molecular weight excluding hydrogens is 286 g/mol. The highest BCUT2D eigenvalue weighted by atomic mass is 16.5. The zero-order valence-electron chi connectivity index (χ0n) is 12.9. The SMILES string of the molecule is Cc1ncoc1C(=O)N1CC[C@H](O)[C@@H](N2CCOCC2)CC1. The Labute approximate surface area is 129 Å². The molecule has 3 heterocycles. The number of carbonyl (C=O) groups excluding carboxylic acids is 1. The Kier molecular flexibility index (Phi) is 4.75. The molecule has 0 aromatic carbocycles. The van der Waals surface area contributed by atoms with Gasteiger partial charge in [0.2, 0.25) is 5.76 Å². The van der Waals surface area contributed by atoms with Crippen molar-refractivity contribution in [3.63, 3.8) is 0 Å². The Morgan fingerprint density at radius 3 is 2.68 bits per heavy atom. The number of aliphatic hydroxyl groups excluding tert-OH is 1. The number of aryl methyl sites for hydroxylation is 1. The molecule has 0 spiro atoms. The van der Waals surface area contributed by atoms with Gasteiger partial charge in [0, 0.05) is 32.2 Å². The van der Waals surface area contributed by atoms with Crippen molar-refractivity contribution in [2.75, 3.05) is 39.4 Å². The number of hydrogen-bond acceptors (Lipinski definition) is 6. The lowest BCUT2D eigenvalue weighted by atomic mass is 10.0. The Bertz CT molecular complexity index is 513. The number of likely N-dealkylation sites (tertiary alicyclic amines) is 1. The van der Waals surface area contributed by atoms with Crippen molar-refractivity contribution < 1.29 is 19.1 Å². The van der Waals surface area contributed by atoms with Gasteiger partial charge in [0.15, 0.2) is 6.39 Å². The number of oxazole rings is 1. The highest BCUT2D eigenvalue weighted by Gasteiger charge is 2.33. The quantitative estimate of drug-likeness (QED) is 0.845. The van der Waals surface area contributed by atoms with Crippen molar-refractivity contribution in [2.24, 2.45) is 0 Å². The van der Waals surface area contributed by atoms with E-state index in [1.165, 1.54) is 6.39 Å². The van der Waals surface area contributed by atoms with Crippen LogP contribution in [0.3, 0.4) is 0 Å². The van der Waals surface area contributed by atoms with Gasteiger partial charge >= 0.3 is 0 Å². The smallest absolute Gasteiger partial charge is 0.291 e. The number of aliphatic hydroxyl groups is 1. The molecule has 0 saturated carbocycles. The van der Waals surface area contributed by atoms with Gasteiger partial charge in [-0.15, -0.1) is 0 Å². The monoisotopic (exact) mass is 309 g/mol. The lowest BCUT2D eigenvalue weighted by molar-refractivity contribution is -0.0222. The van der Waals surface area contributed by atoms with Gasteiger partial charge in [0.1, 0.15) is 0 Å². The molecule has 1 N–H and O–H groups in total. The molecule has 1 aromatic rings. The van der Waals surface area contributed by atoms with Crippen LogP contribution >= 0.6 is 0 Å². The van der Waals surface area contributed by atoms with Crippen LogP contribution in [-0.4, -0.2) is 77.3 Å². The maximum atomic E-state index is 12.5. The third-order valence-electron chi connectivity index (χ3n) is 4.58. The van der Waals surface area contributed by atoms with Crippen molar-refractivity contribution in [2.45, 2.75) is 31.9 Å². The lowest BCUT2D eigenvalue weighted by Gasteiger charge is -2.36. The molecule has 3 rings (SSSR count). The summed E-state index contributed by atoms with van der Waals surface area (Å²) in [7, 11) is 0. The minimum Gasteiger partial charge on any atom is -0.438 e. The highest BCUT2D eigenvalue weighted by Crippen LogP contribution is 2.20. The van der Waals surface area contributed by atoms with Crippen LogP contribution in [0.5, 0.6) is 0 Å². The van der Waals surface area contributed by atoms with Gasteiger partial charge in [-0.3, -0.25) is 9.69 Å². The minimum atomic E-state index is -0.410. The Morgan fingerprint density at radius 2 is 2.00 bits per heavy atom. The Hall–Kier alpha value is -1.44. The van der Waals surface area contributed by atoms with Crippen LogP contribution in [-0.2, 0) is 4.74 Å². The van der Waals surface area contributed by atoms with E-state index in [4.69, 9.17) is 9.15 Å². The van der Waals surface area contributed by atoms with Gasteiger partial charge in [-0.05, 0) is 19.8 Å². The molecule has 0 aliphatic carbocycles. The van der Waals surface area contributed by atoms with Crippen LogP contribution < -0.4 is 0 Å². The molecular formula is C15H23N3O4. The van der Waals surface area contributed by atoms with Crippen molar-refractivity contribution in [3.05, 3.63) is 17.8 Å². The summed E-state index contributed by atoms with van der Waals surface area (Å²) in [4.78, 5) is 20.5. The highest BCUT2D eigenvalue weighted by molar-refractivity contribution is 5.92. The molecule has 2 saturated heterocycles. The predicted octanol–water partition coefficient (Wildman–Crippen LogP) is 0.281. The maximum Gasteiger partial charge on any atom is 0.291 e. The molecule has 2 fully saturated rings. The second-order valence-corrected chi connectivity index (χ2v) is 5.92. The van der Waals surface area contributed by atoms with E-state index in [2.05, 4.69) is 9.88 Å². The molecule has 7 heteroatoms. The van der Waals surface area contributed by atoms with Gasteiger partial charge in [0.05, 0.1) is 25.0 Å². The van der Waals surface area contributed by atoms with E-state index < -0.39 is 6.10 Å². The molecule has 0 unspecified atom stereocenters. The lowest BCUT2D eigenvalue weighted by Crippen LogP contribution is -2.49. The average Bonchev–Trinajstić information content (AvgIpc) is 2.86. The third-order valence-corrected chi connectivity index (χ3v) is 4.58. The summed E-state index contributed by atoms with van der Waals surface area (Å²) in [6.07, 6.45) is 2.24. The predicted molar refractivity (Wildman–Crippen MR) is 78.6 cm³/mol. The summed E-state index contributed by atoms with van der Waals surface area (Å²) in [5, 5.41) is 10.4. The first kappa shape index (κ1) is 15.5. The molecule has 7 nitrogen and oxygen atoms in total. The number of ether oxygens (including phenoxy) is 1. The van der Waals surface area contributed by atoms with Gasteiger partial charge in [-0.2, -0.15) is 0 Å². The van der Waals surface area contributed by atoms with Gasteiger partial charge in [-0.25, -0.2) is 4.98 Å². The van der Waals surface area contributed by atoms with E-state index >= 15 is 0 Å². The number of morpholine rings is 1. The summed E-state index contributed by atoms with van der Waals surface area (Å²) >= 11 is 0. The topological polar surface area (TPSA) is 79.0 Å². The molecule has 122 valence electrons. The van der Waals surface area contributed by atoms with Gasteiger partial charge in [-0.1, -0.05) is 0 Å². The molecule has 2 aliphatic rings. The van der Waals surface area contributed by atoms with E-state index in [-0.39, 0.29) is 11.9 Å². The zero-order valence-corrected chi connectivity index (χ0v) is 12.9. The van der Waals surface area contributed by atoms with Crippen molar-refractivity contribution >= 4 is 5.91 Å². The van der Waals surface area contributed by atoms with E-state index in [9.17, 15) is 9.90 Å². The molecule has 1 aromatic heterocycles. The number of aromatic nitrogens is 1. The number of amides is 1. The standard InChI is InChI=1S/C15H23N3O4/c1-11-14(22-10-16-11)15(20)18-4-2-12(13(19)3-5-18)17-6-8-21-9-7-17/h10,12-13,19H,2-9H2,1H3/t12-,13-/m0/s1. The van der Waals surface area contributed by atoms with E-state index in [0.717, 1.165) is 19.5 Å². The fourth-order valence-electron chi connectivity index (χ4n) is 3.26. The summed E-state index contributed by atoms with van der Waals surface area (Å²) in [5.41, 5.74) is 0.611. The van der Waals surface area contributed by atoms with Crippen molar-refractivity contribution in [1.82, 2.24) is 14.8 Å². The van der Waals surface area contributed by atoms with Crippen LogP contribution in [0.15, 0.2) is 10.8 Å². The fraction of sp³-hybridized carbons (Fsp3) is 0.733. The number of hydrogen-bond donors (Lipinski definition) is 1. The van der Waals surface area contributed by atoms with Crippen molar-refractivity contribution in [1.29, 1.82) is 0 Å². The van der Waals surface area contributed by atoms with Crippen LogP contribution in [0, 0.1) is 6.92 Å². The van der Waals surface area contributed by atoms with E-state index in [1.54, 1.807) is 11.8 Å². The molecule has 0 bridgehead atoms. The van der Waals surface area contributed by atoms with Crippen LogP contribution in [0.25, 0.3) is 0 Å². The summed E-state index contributed by atoms with van der Waals surface area (Å²) in [5.74, 6) is 0.170. The first-order valence-corrected chi connectivity index (χ1v) is 7.86. The van der Waals surface area contributed by atoms with Crippen LogP contribution in [0.1, 0.15) is 29.1 Å². The molecule has 2 atom stereocenters. The van der Waals surface area contributed by atoms with E-state index in [0.29, 0.717) is 44.2 Å². The molecule has 22 heavy (non-hydrogen) atoms. The first-order valence-electron chi connectivity index (χ1n) is 7.86. The van der Waals surface area contributed by atoms with Crippen molar-refractivity contribution in [3.8, 4) is 0 Å².